The predicted octanol–water partition coefficient (Wildman–Crippen LogP) is 4.20. The van der Waals surface area contributed by atoms with Gasteiger partial charge in [0.25, 0.3) is 0 Å². The van der Waals surface area contributed by atoms with E-state index in [1.807, 2.05) is 42.9 Å². The number of aromatic nitrogens is 2. The van der Waals surface area contributed by atoms with Crippen molar-refractivity contribution in [3.8, 4) is 5.75 Å². The Morgan fingerprint density at radius 1 is 1.04 bits per heavy atom. The second kappa shape index (κ2) is 10.6. The molecule has 0 fully saturated rings. The Hall–Kier alpha value is -2.37. The van der Waals surface area contributed by atoms with Gasteiger partial charge >= 0.3 is 0 Å². The molecule has 1 heterocycles. The van der Waals surface area contributed by atoms with E-state index in [1.54, 1.807) is 18.3 Å². The minimum absolute atomic E-state index is 0. The maximum Gasteiger partial charge on any atom is 0.129 e. The fourth-order valence-electron chi connectivity index (χ4n) is 2.59. The minimum Gasteiger partial charge on any atom is -0.488 e. The molecule has 3 aromatic rings. The van der Waals surface area contributed by atoms with Crippen molar-refractivity contribution < 1.29 is 9.13 Å². The zero-order valence-corrected chi connectivity index (χ0v) is 15.3. The lowest BCUT2D eigenvalue weighted by molar-refractivity contribution is 0.296. The molecule has 0 saturated heterocycles. The molecule has 0 saturated carbocycles. The van der Waals surface area contributed by atoms with Gasteiger partial charge in [0.1, 0.15) is 18.2 Å². The zero-order valence-electron chi connectivity index (χ0n) is 14.5. The first kappa shape index (κ1) is 19.9. The molecule has 0 unspecified atom stereocenters. The summed E-state index contributed by atoms with van der Waals surface area (Å²) in [6, 6.07) is 14.6. The molecule has 0 radical (unpaired) electrons. The standard InChI is InChI=1S/C20H22FN3O.ClH/c21-19-8-3-1-7-18(19)15-25-20-9-4-2-6-17(20)14-22-10-5-12-24-13-11-23-16-24;/h1-4,6-9,11,13,16,22H,5,10,12,14-15H2;1H. The van der Waals surface area contributed by atoms with Gasteiger partial charge in [0.2, 0.25) is 0 Å². The number of ether oxygens (including phenoxy) is 1. The molecule has 0 spiro atoms. The van der Waals surface area contributed by atoms with E-state index < -0.39 is 0 Å². The minimum atomic E-state index is -0.238. The third-order valence-corrected chi connectivity index (χ3v) is 3.96. The normalized spacial score (nSPS) is 10.3. The second-order valence-corrected chi connectivity index (χ2v) is 5.82. The summed E-state index contributed by atoms with van der Waals surface area (Å²) in [6.45, 7) is 2.79. The van der Waals surface area contributed by atoms with Crippen molar-refractivity contribution in [2.75, 3.05) is 6.54 Å². The van der Waals surface area contributed by atoms with Crippen molar-refractivity contribution in [2.45, 2.75) is 26.1 Å². The van der Waals surface area contributed by atoms with E-state index in [0.29, 0.717) is 5.56 Å². The summed E-state index contributed by atoms with van der Waals surface area (Å²) < 4.78 is 21.6. The molecule has 0 aliphatic carbocycles. The average Bonchev–Trinajstić information content (AvgIpc) is 3.15. The van der Waals surface area contributed by atoms with E-state index in [4.69, 9.17) is 4.74 Å². The van der Waals surface area contributed by atoms with Crippen molar-refractivity contribution >= 4 is 12.4 Å². The summed E-state index contributed by atoms with van der Waals surface area (Å²) in [5, 5.41) is 3.43. The van der Waals surface area contributed by atoms with Crippen LogP contribution in [0.15, 0.2) is 67.3 Å². The molecule has 0 aliphatic heterocycles. The number of imidazole rings is 1. The van der Waals surface area contributed by atoms with Crippen LogP contribution >= 0.6 is 12.4 Å². The number of para-hydroxylation sites is 1. The molecule has 3 rings (SSSR count). The third-order valence-electron chi connectivity index (χ3n) is 3.96. The lowest BCUT2D eigenvalue weighted by Gasteiger charge is -2.13. The molecular formula is C20H23ClFN3O. The third kappa shape index (κ3) is 5.86. The Kier molecular flexibility index (Phi) is 8.12. The lowest BCUT2D eigenvalue weighted by atomic mass is 10.2. The van der Waals surface area contributed by atoms with Crippen molar-refractivity contribution in [3.63, 3.8) is 0 Å². The van der Waals surface area contributed by atoms with Gasteiger partial charge in [-0.1, -0.05) is 36.4 Å². The molecule has 0 atom stereocenters. The van der Waals surface area contributed by atoms with Crippen LogP contribution in [-0.2, 0) is 19.7 Å². The highest BCUT2D eigenvalue weighted by Gasteiger charge is 2.05. The highest BCUT2D eigenvalue weighted by molar-refractivity contribution is 5.85. The predicted molar refractivity (Wildman–Crippen MR) is 103 cm³/mol. The van der Waals surface area contributed by atoms with Gasteiger partial charge < -0.3 is 14.6 Å². The molecule has 0 aliphatic rings. The van der Waals surface area contributed by atoms with E-state index in [2.05, 4.69) is 14.9 Å². The van der Waals surface area contributed by atoms with E-state index >= 15 is 0 Å². The van der Waals surface area contributed by atoms with Gasteiger partial charge in [-0.2, -0.15) is 0 Å². The Balaban J connectivity index is 0.00000243. The van der Waals surface area contributed by atoms with Crippen LogP contribution < -0.4 is 10.1 Å². The number of aryl methyl sites for hydroxylation is 1. The first-order valence-corrected chi connectivity index (χ1v) is 8.43. The SMILES string of the molecule is Cl.Fc1ccccc1COc1ccccc1CNCCCn1ccnc1. The smallest absolute Gasteiger partial charge is 0.129 e. The quantitative estimate of drug-likeness (QED) is 0.569. The number of halogens is 2. The maximum atomic E-state index is 13.7. The highest BCUT2D eigenvalue weighted by Crippen LogP contribution is 2.20. The molecule has 138 valence electrons. The van der Waals surface area contributed by atoms with Gasteiger partial charge in [0, 0.05) is 36.6 Å². The van der Waals surface area contributed by atoms with Crippen LogP contribution in [0.25, 0.3) is 0 Å². The first-order chi connectivity index (χ1) is 12.3. The van der Waals surface area contributed by atoms with Gasteiger partial charge in [0.15, 0.2) is 0 Å². The number of hydrogen-bond acceptors (Lipinski definition) is 3. The molecule has 1 aromatic heterocycles. The summed E-state index contributed by atoms with van der Waals surface area (Å²) in [4.78, 5) is 4.03. The second-order valence-electron chi connectivity index (χ2n) is 5.82. The molecule has 0 amide bonds. The van der Waals surface area contributed by atoms with Crippen LogP contribution in [0.5, 0.6) is 5.75 Å². The number of benzene rings is 2. The molecule has 0 bridgehead atoms. The van der Waals surface area contributed by atoms with Gasteiger partial charge in [0.05, 0.1) is 6.33 Å². The number of nitrogens with one attached hydrogen (secondary N) is 1. The van der Waals surface area contributed by atoms with Crippen LogP contribution in [0.1, 0.15) is 17.5 Å². The summed E-state index contributed by atoms with van der Waals surface area (Å²) in [6.07, 6.45) is 6.60. The van der Waals surface area contributed by atoms with Crippen molar-refractivity contribution in [1.82, 2.24) is 14.9 Å². The number of hydrogen-bond donors (Lipinski definition) is 1. The summed E-state index contributed by atoms with van der Waals surface area (Å²) in [5.74, 6) is 0.547. The number of nitrogens with zero attached hydrogens (tertiary/aromatic N) is 2. The Bertz CT molecular complexity index is 780. The van der Waals surface area contributed by atoms with E-state index in [-0.39, 0.29) is 24.8 Å². The van der Waals surface area contributed by atoms with Crippen LogP contribution in [0, 0.1) is 5.82 Å². The topological polar surface area (TPSA) is 39.1 Å². The molecule has 6 heteroatoms. The monoisotopic (exact) mass is 375 g/mol. The molecular weight excluding hydrogens is 353 g/mol. The Morgan fingerprint density at radius 3 is 2.58 bits per heavy atom. The Morgan fingerprint density at radius 2 is 1.81 bits per heavy atom. The largest absolute Gasteiger partial charge is 0.488 e. The Labute approximate surface area is 159 Å². The fraction of sp³-hybridized carbons (Fsp3) is 0.250. The van der Waals surface area contributed by atoms with Crippen molar-refractivity contribution in [2.24, 2.45) is 0 Å². The first-order valence-electron chi connectivity index (χ1n) is 8.43. The van der Waals surface area contributed by atoms with Crippen LogP contribution in [0.3, 0.4) is 0 Å². The molecule has 2 aromatic carbocycles. The molecule has 26 heavy (non-hydrogen) atoms. The van der Waals surface area contributed by atoms with Gasteiger partial charge in [-0.15, -0.1) is 12.4 Å². The van der Waals surface area contributed by atoms with Gasteiger partial charge in [-0.05, 0) is 25.1 Å². The number of rotatable bonds is 9. The van der Waals surface area contributed by atoms with Crippen molar-refractivity contribution in [1.29, 1.82) is 0 Å². The summed E-state index contributed by atoms with van der Waals surface area (Å²) >= 11 is 0. The highest BCUT2D eigenvalue weighted by atomic mass is 35.5. The van der Waals surface area contributed by atoms with Crippen LogP contribution in [-0.4, -0.2) is 16.1 Å². The summed E-state index contributed by atoms with van der Waals surface area (Å²) in [7, 11) is 0. The zero-order chi connectivity index (χ0) is 17.3. The van der Waals surface area contributed by atoms with Gasteiger partial charge in [-0.25, -0.2) is 9.37 Å². The van der Waals surface area contributed by atoms with E-state index in [1.165, 1.54) is 6.07 Å². The van der Waals surface area contributed by atoms with Crippen LogP contribution in [0.4, 0.5) is 4.39 Å². The lowest BCUT2D eigenvalue weighted by Crippen LogP contribution is -2.17. The average molecular weight is 376 g/mol. The van der Waals surface area contributed by atoms with Crippen molar-refractivity contribution in [3.05, 3.63) is 84.2 Å². The van der Waals surface area contributed by atoms with E-state index in [0.717, 1.165) is 37.4 Å². The molecule has 1 N–H and O–H groups in total. The van der Waals surface area contributed by atoms with Crippen LogP contribution in [0.2, 0.25) is 0 Å². The van der Waals surface area contributed by atoms with Gasteiger partial charge in [-0.3, -0.25) is 0 Å². The maximum absolute atomic E-state index is 13.7. The van der Waals surface area contributed by atoms with E-state index in [9.17, 15) is 4.39 Å². The summed E-state index contributed by atoms with van der Waals surface area (Å²) in [5.41, 5.74) is 1.63. The fourth-order valence-corrected chi connectivity index (χ4v) is 2.59. The molecule has 4 nitrogen and oxygen atoms in total.